The van der Waals surface area contributed by atoms with E-state index in [4.69, 9.17) is 9.47 Å². The Hall–Kier alpha value is -3.60. The van der Waals surface area contributed by atoms with Crippen LogP contribution in [0.5, 0.6) is 11.6 Å². The van der Waals surface area contributed by atoms with Gasteiger partial charge in [-0.15, -0.1) is 0 Å². The Bertz CT molecular complexity index is 989. The summed E-state index contributed by atoms with van der Waals surface area (Å²) in [7, 11) is 0. The predicted octanol–water partition coefficient (Wildman–Crippen LogP) is 5.11. The molecule has 2 N–H and O–H groups in total. The number of rotatable bonds is 7. The largest absolute Gasteiger partial charge is 0.444 e. The fourth-order valence-corrected chi connectivity index (χ4v) is 2.85. The van der Waals surface area contributed by atoms with Gasteiger partial charge >= 0.3 is 6.09 Å². The molecule has 1 heterocycles. The number of ether oxygens (including phenoxy) is 2. The van der Waals surface area contributed by atoms with Gasteiger partial charge in [-0.1, -0.05) is 20.8 Å². The summed E-state index contributed by atoms with van der Waals surface area (Å²) in [4.78, 5) is 28.7. The number of carbonyl (C=O) groups is 2. The van der Waals surface area contributed by atoms with Crippen molar-refractivity contribution >= 4 is 17.7 Å². The molecule has 0 aliphatic rings. The predicted molar refractivity (Wildman–Crippen MR) is 122 cm³/mol. The number of nitrogens with zero attached hydrogens (tertiary/aromatic N) is 2. The molecule has 8 nitrogen and oxygen atoms in total. The van der Waals surface area contributed by atoms with Gasteiger partial charge in [0.15, 0.2) is 0 Å². The lowest BCUT2D eigenvalue weighted by atomic mass is 9.98. The summed E-state index contributed by atoms with van der Waals surface area (Å²) in [5.74, 6) is 0.730. The molecule has 1 atom stereocenters. The lowest BCUT2D eigenvalue weighted by Crippen LogP contribution is -2.45. The van der Waals surface area contributed by atoms with Crippen LogP contribution in [0, 0.1) is 11.3 Å². The summed E-state index contributed by atoms with van der Waals surface area (Å²) in [6.07, 6.45) is 1.22. The normalized spacial score (nSPS) is 11.9. The number of hydrogen-bond donors (Lipinski definition) is 2. The first-order valence-corrected chi connectivity index (χ1v) is 10.5. The number of alkyl carbamates (subject to hydrolysis) is 1. The summed E-state index contributed by atoms with van der Waals surface area (Å²) < 4.78 is 11.0. The number of aromatic nitrogens is 1. The first-order chi connectivity index (χ1) is 15.0. The van der Waals surface area contributed by atoms with Crippen LogP contribution in [0.4, 0.5) is 10.5 Å². The van der Waals surface area contributed by atoms with E-state index in [0.717, 1.165) is 5.56 Å². The van der Waals surface area contributed by atoms with E-state index in [1.54, 1.807) is 52.0 Å². The highest BCUT2D eigenvalue weighted by Crippen LogP contribution is 2.27. The van der Waals surface area contributed by atoms with Gasteiger partial charge in [0.2, 0.25) is 11.8 Å². The molecule has 0 aliphatic heterocycles. The SMILES string of the molecule is CCC(NC(=O)OC(C)(C)C)C(=O)Nc1ccc(Oc2ccc(C#N)c(C(C)C)c2)nc1. The topological polar surface area (TPSA) is 113 Å². The van der Waals surface area contributed by atoms with Crippen LogP contribution in [0.2, 0.25) is 0 Å². The minimum absolute atomic E-state index is 0.180. The highest BCUT2D eigenvalue weighted by atomic mass is 16.6. The number of hydrogen-bond acceptors (Lipinski definition) is 6. The van der Waals surface area contributed by atoms with E-state index in [-0.39, 0.29) is 11.8 Å². The molecule has 8 heteroatoms. The summed E-state index contributed by atoms with van der Waals surface area (Å²) in [5, 5.41) is 14.5. The van der Waals surface area contributed by atoms with Crippen molar-refractivity contribution in [2.24, 2.45) is 0 Å². The van der Waals surface area contributed by atoms with E-state index in [9.17, 15) is 14.9 Å². The zero-order valence-corrected chi connectivity index (χ0v) is 19.4. The molecule has 1 unspecified atom stereocenters. The van der Waals surface area contributed by atoms with Gasteiger partial charge in [-0.05, 0) is 62.9 Å². The fraction of sp³-hybridized carbons (Fsp3) is 0.417. The van der Waals surface area contributed by atoms with Crippen LogP contribution in [0.3, 0.4) is 0 Å². The van der Waals surface area contributed by atoms with Crippen molar-refractivity contribution in [1.29, 1.82) is 5.26 Å². The van der Waals surface area contributed by atoms with Crippen LogP contribution in [0.15, 0.2) is 36.5 Å². The van der Waals surface area contributed by atoms with Crippen LogP contribution in [-0.2, 0) is 9.53 Å². The number of pyridine rings is 1. The molecule has 0 aliphatic carbocycles. The number of amides is 2. The molecule has 32 heavy (non-hydrogen) atoms. The van der Waals surface area contributed by atoms with Gasteiger partial charge in [-0.2, -0.15) is 5.26 Å². The number of nitriles is 1. The molecule has 2 amide bonds. The minimum Gasteiger partial charge on any atom is -0.444 e. The van der Waals surface area contributed by atoms with Gasteiger partial charge in [0.05, 0.1) is 23.5 Å². The third-order valence-corrected chi connectivity index (χ3v) is 4.41. The van der Waals surface area contributed by atoms with Gasteiger partial charge in [0.25, 0.3) is 0 Å². The first-order valence-electron chi connectivity index (χ1n) is 10.5. The summed E-state index contributed by atoms with van der Waals surface area (Å²) in [6, 6.07) is 10.0. The number of carbonyl (C=O) groups excluding carboxylic acids is 2. The van der Waals surface area contributed by atoms with Crippen LogP contribution in [-0.4, -0.2) is 28.6 Å². The highest BCUT2D eigenvalue weighted by Gasteiger charge is 2.23. The smallest absolute Gasteiger partial charge is 0.408 e. The molecule has 0 saturated carbocycles. The second-order valence-electron chi connectivity index (χ2n) is 8.60. The second-order valence-corrected chi connectivity index (χ2v) is 8.60. The fourth-order valence-electron chi connectivity index (χ4n) is 2.85. The lowest BCUT2D eigenvalue weighted by Gasteiger charge is -2.22. The number of nitrogens with one attached hydrogen (secondary N) is 2. The molecule has 2 aromatic rings. The van der Waals surface area contributed by atoms with Crippen molar-refractivity contribution in [2.45, 2.75) is 65.5 Å². The van der Waals surface area contributed by atoms with Crippen molar-refractivity contribution in [3.8, 4) is 17.7 Å². The van der Waals surface area contributed by atoms with Gasteiger partial charge in [-0.25, -0.2) is 9.78 Å². The van der Waals surface area contributed by atoms with E-state index in [2.05, 4.69) is 21.7 Å². The molecule has 0 bridgehead atoms. The molecular weight excluding hydrogens is 408 g/mol. The Morgan fingerprint density at radius 1 is 1.19 bits per heavy atom. The summed E-state index contributed by atoms with van der Waals surface area (Å²) in [5.41, 5.74) is 1.33. The molecule has 1 aromatic heterocycles. The average molecular weight is 439 g/mol. The van der Waals surface area contributed by atoms with E-state index in [1.165, 1.54) is 6.20 Å². The zero-order valence-electron chi connectivity index (χ0n) is 19.4. The summed E-state index contributed by atoms with van der Waals surface area (Å²) in [6.45, 7) is 11.1. The Morgan fingerprint density at radius 3 is 2.44 bits per heavy atom. The molecular formula is C24H30N4O4. The van der Waals surface area contributed by atoms with Gasteiger partial charge in [0.1, 0.15) is 17.4 Å². The molecule has 0 fully saturated rings. The van der Waals surface area contributed by atoms with Crippen molar-refractivity contribution in [1.82, 2.24) is 10.3 Å². The van der Waals surface area contributed by atoms with Gasteiger partial charge in [-0.3, -0.25) is 4.79 Å². The third-order valence-electron chi connectivity index (χ3n) is 4.41. The maximum atomic E-state index is 12.5. The molecule has 2 rings (SSSR count). The highest BCUT2D eigenvalue weighted by molar-refractivity contribution is 5.96. The minimum atomic E-state index is -0.742. The van der Waals surface area contributed by atoms with Crippen molar-refractivity contribution in [2.75, 3.05) is 5.32 Å². The zero-order chi connectivity index (χ0) is 23.9. The molecule has 170 valence electrons. The Balaban J connectivity index is 2.01. The van der Waals surface area contributed by atoms with Crippen molar-refractivity contribution < 1.29 is 19.1 Å². The maximum Gasteiger partial charge on any atom is 0.408 e. The Labute approximate surface area is 188 Å². The lowest BCUT2D eigenvalue weighted by molar-refractivity contribution is -0.118. The average Bonchev–Trinajstić information content (AvgIpc) is 2.72. The first kappa shape index (κ1) is 24.7. The quantitative estimate of drug-likeness (QED) is 0.621. The standard InChI is InChI=1S/C24H30N4O4/c1-7-20(28-23(30)32-24(4,5)6)22(29)27-17-9-11-21(26-14-17)31-18-10-8-16(13-25)19(12-18)15(2)3/h8-12,14-15,20H,7H2,1-6H3,(H,27,29)(H,28,30). The van der Waals surface area contributed by atoms with Gasteiger partial charge < -0.3 is 20.1 Å². The van der Waals surface area contributed by atoms with Gasteiger partial charge in [0, 0.05) is 6.07 Å². The summed E-state index contributed by atoms with van der Waals surface area (Å²) >= 11 is 0. The van der Waals surface area contributed by atoms with E-state index < -0.39 is 17.7 Å². The van der Waals surface area contributed by atoms with Crippen LogP contribution >= 0.6 is 0 Å². The van der Waals surface area contributed by atoms with Crippen LogP contribution in [0.1, 0.15) is 65.0 Å². The molecule has 0 radical (unpaired) electrons. The monoisotopic (exact) mass is 438 g/mol. The number of anilines is 1. The molecule has 0 spiro atoms. The van der Waals surface area contributed by atoms with Crippen LogP contribution < -0.4 is 15.4 Å². The van der Waals surface area contributed by atoms with Crippen molar-refractivity contribution in [3.05, 3.63) is 47.7 Å². The Kier molecular flexibility index (Phi) is 8.19. The maximum absolute atomic E-state index is 12.5. The van der Waals surface area contributed by atoms with E-state index in [0.29, 0.717) is 29.3 Å². The van der Waals surface area contributed by atoms with Crippen LogP contribution in [0.25, 0.3) is 0 Å². The second kappa shape index (κ2) is 10.6. The Morgan fingerprint density at radius 2 is 1.91 bits per heavy atom. The number of benzene rings is 1. The molecule has 1 aromatic carbocycles. The van der Waals surface area contributed by atoms with E-state index >= 15 is 0 Å². The molecule has 0 saturated heterocycles. The van der Waals surface area contributed by atoms with Crippen molar-refractivity contribution in [3.63, 3.8) is 0 Å². The third kappa shape index (κ3) is 7.27. The van der Waals surface area contributed by atoms with E-state index in [1.807, 2.05) is 19.9 Å².